The molecule has 4 heteroatoms. The van der Waals surface area contributed by atoms with Crippen LogP contribution in [0.25, 0.3) is 0 Å². The molecular weight excluding hydrogens is 174 g/mol. The maximum absolute atomic E-state index is 12.2. The van der Waals surface area contributed by atoms with Crippen LogP contribution in [0.1, 0.15) is 32.0 Å². The van der Waals surface area contributed by atoms with Gasteiger partial charge in [0, 0.05) is 18.4 Å². The lowest BCUT2D eigenvalue weighted by Crippen LogP contribution is -2.17. The minimum Gasteiger partial charge on any atom is -0.310 e. The van der Waals surface area contributed by atoms with Crippen LogP contribution in [0.15, 0.2) is 18.5 Å². The van der Waals surface area contributed by atoms with Crippen molar-refractivity contribution in [3.05, 3.63) is 24.0 Å². The molecule has 0 saturated heterocycles. The second-order valence-corrected chi connectivity index (χ2v) is 2.95. The van der Waals surface area contributed by atoms with Gasteiger partial charge in [0.1, 0.15) is 0 Å². The van der Waals surface area contributed by atoms with E-state index in [9.17, 15) is 8.78 Å². The third-order valence-electron chi connectivity index (χ3n) is 1.97. The van der Waals surface area contributed by atoms with Crippen molar-refractivity contribution in [3.63, 3.8) is 0 Å². The van der Waals surface area contributed by atoms with Gasteiger partial charge in [-0.25, -0.2) is 0 Å². The molecule has 0 spiro atoms. The Balaban J connectivity index is 2.67. The van der Waals surface area contributed by atoms with E-state index < -0.39 is 6.55 Å². The summed E-state index contributed by atoms with van der Waals surface area (Å²) in [6.07, 6.45) is 2.87. The summed E-state index contributed by atoms with van der Waals surface area (Å²) in [6.45, 7) is 2.33. The molecule has 0 bridgehead atoms. The van der Waals surface area contributed by atoms with Crippen LogP contribution >= 0.6 is 0 Å². The van der Waals surface area contributed by atoms with Crippen molar-refractivity contribution in [1.29, 1.82) is 0 Å². The highest BCUT2D eigenvalue weighted by atomic mass is 19.3. The first-order valence-electron chi connectivity index (χ1n) is 4.34. The van der Waals surface area contributed by atoms with Gasteiger partial charge in [-0.2, -0.15) is 8.78 Å². The first-order valence-corrected chi connectivity index (χ1v) is 4.34. The van der Waals surface area contributed by atoms with E-state index in [1.165, 1.54) is 12.4 Å². The average Bonchev–Trinajstić information content (AvgIpc) is 2.52. The Morgan fingerprint density at radius 3 is 2.69 bits per heavy atom. The van der Waals surface area contributed by atoms with Gasteiger partial charge in [0.05, 0.1) is 0 Å². The quantitative estimate of drug-likeness (QED) is 0.768. The second kappa shape index (κ2) is 4.37. The summed E-state index contributed by atoms with van der Waals surface area (Å²) in [5.41, 5.74) is 0.891. The van der Waals surface area contributed by atoms with Crippen LogP contribution in [0, 0.1) is 0 Å². The van der Waals surface area contributed by atoms with Gasteiger partial charge in [0.2, 0.25) is 0 Å². The zero-order valence-electron chi connectivity index (χ0n) is 7.80. The van der Waals surface area contributed by atoms with Crippen molar-refractivity contribution < 1.29 is 8.78 Å². The number of hydrogen-bond acceptors (Lipinski definition) is 1. The molecule has 0 amide bonds. The van der Waals surface area contributed by atoms with Crippen LogP contribution in [-0.4, -0.2) is 11.1 Å². The predicted octanol–water partition coefficient (Wildman–Crippen LogP) is 2.55. The van der Waals surface area contributed by atoms with Crippen LogP contribution in [0.5, 0.6) is 0 Å². The summed E-state index contributed by atoms with van der Waals surface area (Å²) in [7, 11) is 0. The van der Waals surface area contributed by atoms with Crippen molar-refractivity contribution in [3.8, 4) is 0 Å². The van der Waals surface area contributed by atoms with Gasteiger partial charge < -0.3 is 5.32 Å². The largest absolute Gasteiger partial charge is 0.318 e. The van der Waals surface area contributed by atoms with Crippen molar-refractivity contribution in [2.45, 2.75) is 26.4 Å². The molecule has 1 heterocycles. The smallest absolute Gasteiger partial charge is 0.310 e. The summed E-state index contributed by atoms with van der Waals surface area (Å²) in [5.74, 6) is 0. The van der Waals surface area contributed by atoms with Crippen LogP contribution < -0.4 is 5.32 Å². The maximum atomic E-state index is 12.2. The first kappa shape index (κ1) is 10.2. The van der Waals surface area contributed by atoms with Crippen LogP contribution in [0.3, 0.4) is 0 Å². The predicted molar refractivity (Wildman–Crippen MR) is 47.8 cm³/mol. The van der Waals surface area contributed by atoms with Crippen molar-refractivity contribution >= 4 is 0 Å². The summed E-state index contributed by atoms with van der Waals surface area (Å²) in [4.78, 5) is 0. The molecule has 1 aromatic heterocycles. The average molecular weight is 188 g/mol. The van der Waals surface area contributed by atoms with E-state index >= 15 is 0 Å². The van der Waals surface area contributed by atoms with Crippen molar-refractivity contribution in [2.75, 3.05) is 6.54 Å². The van der Waals surface area contributed by atoms with Gasteiger partial charge in [-0.1, -0.05) is 6.92 Å². The van der Waals surface area contributed by atoms with E-state index in [-0.39, 0.29) is 6.04 Å². The van der Waals surface area contributed by atoms with E-state index in [2.05, 4.69) is 5.32 Å². The minimum atomic E-state index is -2.44. The van der Waals surface area contributed by atoms with Crippen molar-refractivity contribution in [2.24, 2.45) is 0 Å². The molecule has 0 aliphatic rings. The number of halogens is 2. The molecule has 1 N–H and O–H groups in total. The molecule has 0 aromatic carbocycles. The molecule has 74 valence electrons. The van der Waals surface area contributed by atoms with E-state index in [1.807, 2.05) is 13.8 Å². The SMILES string of the molecule is CCNC(C)c1ccn(C(F)F)c1. The van der Waals surface area contributed by atoms with Crippen LogP contribution in [0.4, 0.5) is 8.78 Å². The number of rotatable bonds is 4. The summed E-state index contributed by atoms with van der Waals surface area (Å²) in [6, 6.07) is 1.84. The highest BCUT2D eigenvalue weighted by Crippen LogP contribution is 2.17. The normalized spacial score (nSPS) is 13.6. The molecule has 0 fully saturated rings. The van der Waals surface area contributed by atoms with Gasteiger partial charge >= 0.3 is 6.55 Å². The molecule has 2 nitrogen and oxygen atoms in total. The lowest BCUT2D eigenvalue weighted by Gasteiger charge is -2.09. The molecule has 1 aromatic rings. The Hall–Kier alpha value is -0.900. The number of nitrogens with zero attached hydrogens (tertiary/aromatic N) is 1. The molecule has 13 heavy (non-hydrogen) atoms. The summed E-state index contributed by atoms with van der Waals surface area (Å²) >= 11 is 0. The Morgan fingerprint density at radius 1 is 1.54 bits per heavy atom. The molecular formula is C9H14F2N2. The molecule has 1 unspecified atom stereocenters. The topological polar surface area (TPSA) is 17.0 Å². The third-order valence-corrected chi connectivity index (χ3v) is 1.97. The first-order chi connectivity index (χ1) is 6.15. The number of nitrogens with one attached hydrogen (secondary N) is 1. The Labute approximate surface area is 76.6 Å². The van der Waals surface area contributed by atoms with Gasteiger partial charge in [0.15, 0.2) is 0 Å². The van der Waals surface area contributed by atoms with Gasteiger partial charge in [0.25, 0.3) is 0 Å². The van der Waals surface area contributed by atoms with E-state index in [0.29, 0.717) is 0 Å². The second-order valence-electron chi connectivity index (χ2n) is 2.95. The number of hydrogen-bond donors (Lipinski definition) is 1. The summed E-state index contributed by atoms with van der Waals surface area (Å²) < 4.78 is 25.3. The van der Waals surface area contributed by atoms with Crippen LogP contribution in [-0.2, 0) is 0 Å². The molecule has 0 aliphatic carbocycles. The lowest BCUT2D eigenvalue weighted by molar-refractivity contribution is 0.0705. The zero-order valence-corrected chi connectivity index (χ0v) is 7.80. The minimum absolute atomic E-state index is 0.130. The molecule has 0 saturated carbocycles. The van der Waals surface area contributed by atoms with Gasteiger partial charge in [-0.05, 0) is 25.1 Å². The molecule has 1 atom stereocenters. The molecule has 0 radical (unpaired) electrons. The molecule has 0 aliphatic heterocycles. The Kier molecular flexibility index (Phi) is 3.42. The van der Waals surface area contributed by atoms with Gasteiger partial charge in [-0.3, -0.25) is 4.57 Å². The monoisotopic (exact) mass is 188 g/mol. The Morgan fingerprint density at radius 2 is 2.23 bits per heavy atom. The lowest BCUT2D eigenvalue weighted by atomic mass is 10.2. The maximum Gasteiger partial charge on any atom is 0.318 e. The fraction of sp³-hybridized carbons (Fsp3) is 0.556. The third kappa shape index (κ3) is 2.52. The standard InChI is InChI=1S/C9H14F2N2/c1-3-12-7(2)8-4-5-13(6-8)9(10)11/h4-7,9,12H,3H2,1-2H3. The number of aromatic nitrogens is 1. The van der Waals surface area contributed by atoms with Gasteiger partial charge in [-0.15, -0.1) is 0 Å². The van der Waals surface area contributed by atoms with Crippen molar-refractivity contribution in [1.82, 2.24) is 9.88 Å². The zero-order chi connectivity index (χ0) is 9.84. The fourth-order valence-electron chi connectivity index (χ4n) is 1.23. The Bertz CT molecular complexity index is 258. The van der Waals surface area contributed by atoms with E-state index in [0.717, 1.165) is 16.7 Å². The number of alkyl halides is 2. The van der Waals surface area contributed by atoms with E-state index in [4.69, 9.17) is 0 Å². The molecule has 1 rings (SSSR count). The van der Waals surface area contributed by atoms with Crippen LogP contribution in [0.2, 0.25) is 0 Å². The highest BCUT2D eigenvalue weighted by Gasteiger charge is 2.09. The summed E-state index contributed by atoms with van der Waals surface area (Å²) in [5, 5.41) is 3.16. The fourth-order valence-corrected chi connectivity index (χ4v) is 1.23. The van der Waals surface area contributed by atoms with E-state index in [1.54, 1.807) is 6.07 Å². The highest BCUT2D eigenvalue weighted by molar-refractivity contribution is 5.14.